The SMILES string of the molecule is Nc1cccc(C(=O)Nc2cc(Cl)cc(Oc3cncc(F)c3)c2)c1. The van der Waals surface area contributed by atoms with Gasteiger partial charge >= 0.3 is 0 Å². The molecule has 0 saturated carbocycles. The molecule has 25 heavy (non-hydrogen) atoms. The van der Waals surface area contributed by atoms with Gasteiger partial charge < -0.3 is 15.8 Å². The first kappa shape index (κ1) is 16.7. The van der Waals surface area contributed by atoms with Crippen LogP contribution in [-0.4, -0.2) is 10.9 Å². The van der Waals surface area contributed by atoms with E-state index in [0.717, 1.165) is 6.20 Å². The largest absolute Gasteiger partial charge is 0.456 e. The predicted octanol–water partition coefficient (Wildman–Crippen LogP) is 4.50. The number of aromatic nitrogens is 1. The standard InChI is InChI=1S/C18H13ClFN3O2/c19-12-5-15(23-18(24)11-2-1-3-14(21)4-11)8-16(6-12)25-17-7-13(20)9-22-10-17/h1-10H,21H2,(H,23,24). The predicted molar refractivity (Wildman–Crippen MR) is 94.5 cm³/mol. The Balaban J connectivity index is 1.80. The van der Waals surface area contributed by atoms with Crippen molar-refractivity contribution in [3.05, 3.63) is 77.3 Å². The summed E-state index contributed by atoms with van der Waals surface area (Å²) in [4.78, 5) is 16.0. The van der Waals surface area contributed by atoms with Gasteiger partial charge in [0.25, 0.3) is 5.91 Å². The summed E-state index contributed by atoms with van der Waals surface area (Å²) in [6.45, 7) is 0. The molecule has 1 amide bonds. The molecule has 0 aliphatic heterocycles. The van der Waals surface area contributed by atoms with Crippen molar-refractivity contribution in [2.24, 2.45) is 0 Å². The quantitative estimate of drug-likeness (QED) is 0.674. The molecule has 3 N–H and O–H groups in total. The second-order valence-electron chi connectivity index (χ2n) is 5.20. The van der Waals surface area contributed by atoms with Crippen LogP contribution in [0.15, 0.2) is 60.9 Å². The molecular formula is C18H13ClFN3O2. The second-order valence-corrected chi connectivity index (χ2v) is 5.63. The van der Waals surface area contributed by atoms with Crippen LogP contribution >= 0.6 is 11.6 Å². The van der Waals surface area contributed by atoms with Crippen molar-refractivity contribution < 1.29 is 13.9 Å². The van der Waals surface area contributed by atoms with Gasteiger partial charge in [0.05, 0.1) is 12.4 Å². The van der Waals surface area contributed by atoms with Gasteiger partial charge in [0.1, 0.15) is 17.3 Å². The highest BCUT2D eigenvalue weighted by atomic mass is 35.5. The first-order valence-corrected chi connectivity index (χ1v) is 7.63. The van der Waals surface area contributed by atoms with Gasteiger partial charge in [-0.1, -0.05) is 17.7 Å². The fourth-order valence-corrected chi connectivity index (χ4v) is 2.39. The van der Waals surface area contributed by atoms with Crippen LogP contribution in [0, 0.1) is 5.82 Å². The van der Waals surface area contributed by atoms with Crippen molar-refractivity contribution in [3.8, 4) is 11.5 Å². The lowest BCUT2D eigenvalue weighted by Gasteiger charge is -2.10. The Hall–Kier alpha value is -3.12. The van der Waals surface area contributed by atoms with E-state index in [1.54, 1.807) is 42.5 Å². The third kappa shape index (κ3) is 4.45. The van der Waals surface area contributed by atoms with Crippen molar-refractivity contribution in [2.75, 3.05) is 11.1 Å². The number of nitrogen functional groups attached to an aromatic ring is 1. The minimum atomic E-state index is -0.519. The Labute approximate surface area is 148 Å². The van der Waals surface area contributed by atoms with Crippen molar-refractivity contribution >= 4 is 28.9 Å². The summed E-state index contributed by atoms with van der Waals surface area (Å²) in [7, 11) is 0. The lowest BCUT2D eigenvalue weighted by atomic mass is 10.2. The summed E-state index contributed by atoms with van der Waals surface area (Å²) in [6, 6.07) is 12.5. The Kier molecular flexibility index (Phi) is 4.81. The number of nitrogens with zero attached hydrogens (tertiary/aromatic N) is 1. The molecule has 3 rings (SSSR count). The molecule has 126 valence electrons. The van der Waals surface area contributed by atoms with E-state index in [0.29, 0.717) is 27.7 Å². The molecular weight excluding hydrogens is 345 g/mol. The van der Waals surface area contributed by atoms with Gasteiger partial charge in [-0.15, -0.1) is 0 Å². The molecule has 1 aromatic heterocycles. The van der Waals surface area contributed by atoms with E-state index >= 15 is 0 Å². The molecule has 0 saturated heterocycles. The van der Waals surface area contributed by atoms with E-state index in [9.17, 15) is 9.18 Å². The molecule has 0 aliphatic rings. The number of halogens is 2. The Morgan fingerprint density at radius 2 is 1.96 bits per heavy atom. The summed E-state index contributed by atoms with van der Waals surface area (Å²) in [5, 5.41) is 3.07. The molecule has 0 atom stereocenters. The van der Waals surface area contributed by atoms with Crippen molar-refractivity contribution in [3.63, 3.8) is 0 Å². The number of pyridine rings is 1. The first-order chi connectivity index (χ1) is 12.0. The van der Waals surface area contributed by atoms with Gasteiger partial charge in [-0.2, -0.15) is 0 Å². The monoisotopic (exact) mass is 357 g/mol. The Morgan fingerprint density at radius 3 is 2.72 bits per heavy atom. The zero-order valence-electron chi connectivity index (χ0n) is 12.9. The molecule has 5 nitrogen and oxygen atoms in total. The third-order valence-electron chi connectivity index (χ3n) is 3.19. The van der Waals surface area contributed by atoms with Crippen LogP contribution in [0.2, 0.25) is 5.02 Å². The molecule has 7 heteroatoms. The number of carbonyl (C=O) groups is 1. The number of hydrogen-bond donors (Lipinski definition) is 2. The van der Waals surface area contributed by atoms with Crippen LogP contribution < -0.4 is 15.8 Å². The summed E-state index contributed by atoms with van der Waals surface area (Å²) >= 11 is 6.06. The van der Waals surface area contributed by atoms with Crippen molar-refractivity contribution in [1.82, 2.24) is 4.98 Å². The Morgan fingerprint density at radius 1 is 1.12 bits per heavy atom. The summed E-state index contributed by atoms with van der Waals surface area (Å²) in [5.41, 5.74) is 7.01. The molecule has 0 unspecified atom stereocenters. The molecule has 1 heterocycles. The van der Waals surface area contributed by atoms with Gasteiger partial charge in [0.2, 0.25) is 0 Å². The molecule has 0 radical (unpaired) electrons. The number of ether oxygens (including phenoxy) is 1. The van der Waals surface area contributed by atoms with Crippen LogP contribution in [0.4, 0.5) is 15.8 Å². The molecule has 2 aromatic carbocycles. The van der Waals surface area contributed by atoms with E-state index in [2.05, 4.69) is 10.3 Å². The highest BCUT2D eigenvalue weighted by molar-refractivity contribution is 6.31. The number of carbonyl (C=O) groups excluding carboxylic acids is 1. The van der Waals surface area contributed by atoms with Gasteiger partial charge in [-0.3, -0.25) is 9.78 Å². The average Bonchev–Trinajstić information content (AvgIpc) is 2.54. The number of amides is 1. The average molecular weight is 358 g/mol. The molecule has 3 aromatic rings. The third-order valence-corrected chi connectivity index (χ3v) is 3.41. The van der Waals surface area contributed by atoms with E-state index in [4.69, 9.17) is 22.1 Å². The number of nitrogens with two attached hydrogens (primary N) is 1. The topological polar surface area (TPSA) is 77.2 Å². The molecule has 0 aliphatic carbocycles. The van der Waals surface area contributed by atoms with Crippen molar-refractivity contribution in [2.45, 2.75) is 0 Å². The van der Waals surface area contributed by atoms with Crippen LogP contribution in [0.1, 0.15) is 10.4 Å². The molecule has 0 fully saturated rings. The maximum atomic E-state index is 13.2. The summed E-state index contributed by atoms with van der Waals surface area (Å²) in [5.74, 6) is -0.305. The van der Waals surface area contributed by atoms with Gasteiger partial charge in [-0.05, 0) is 30.3 Å². The lowest BCUT2D eigenvalue weighted by Crippen LogP contribution is -2.12. The lowest BCUT2D eigenvalue weighted by molar-refractivity contribution is 0.102. The highest BCUT2D eigenvalue weighted by Crippen LogP contribution is 2.28. The Bertz CT molecular complexity index is 934. The zero-order valence-corrected chi connectivity index (χ0v) is 13.6. The number of benzene rings is 2. The minimum absolute atomic E-state index is 0.218. The maximum absolute atomic E-state index is 13.2. The van der Waals surface area contributed by atoms with Crippen LogP contribution in [0.3, 0.4) is 0 Å². The maximum Gasteiger partial charge on any atom is 0.255 e. The highest BCUT2D eigenvalue weighted by Gasteiger charge is 2.09. The first-order valence-electron chi connectivity index (χ1n) is 7.25. The molecule has 0 bridgehead atoms. The summed E-state index contributed by atoms with van der Waals surface area (Å²) < 4.78 is 18.7. The fourth-order valence-electron chi connectivity index (χ4n) is 2.16. The number of nitrogens with one attached hydrogen (secondary N) is 1. The number of anilines is 2. The number of hydrogen-bond acceptors (Lipinski definition) is 4. The van der Waals surface area contributed by atoms with Crippen molar-refractivity contribution in [1.29, 1.82) is 0 Å². The minimum Gasteiger partial charge on any atom is -0.456 e. The van der Waals surface area contributed by atoms with Crippen LogP contribution in [-0.2, 0) is 0 Å². The summed E-state index contributed by atoms with van der Waals surface area (Å²) in [6.07, 6.45) is 2.44. The van der Waals surface area contributed by atoms with Gasteiger partial charge in [0, 0.05) is 34.1 Å². The van der Waals surface area contributed by atoms with E-state index in [-0.39, 0.29) is 11.7 Å². The van der Waals surface area contributed by atoms with E-state index < -0.39 is 5.82 Å². The van der Waals surface area contributed by atoms with Gasteiger partial charge in [0.15, 0.2) is 0 Å². The van der Waals surface area contributed by atoms with E-state index in [1.807, 2.05) is 0 Å². The normalized spacial score (nSPS) is 10.3. The van der Waals surface area contributed by atoms with E-state index in [1.165, 1.54) is 12.3 Å². The second kappa shape index (κ2) is 7.19. The molecule has 0 spiro atoms. The number of rotatable bonds is 4. The fraction of sp³-hybridized carbons (Fsp3) is 0. The zero-order chi connectivity index (χ0) is 17.8. The van der Waals surface area contributed by atoms with Crippen LogP contribution in [0.5, 0.6) is 11.5 Å². The smallest absolute Gasteiger partial charge is 0.255 e. The van der Waals surface area contributed by atoms with Gasteiger partial charge in [-0.25, -0.2) is 4.39 Å². The van der Waals surface area contributed by atoms with Crippen LogP contribution in [0.25, 0.3) is 0 Å².